The molecule has 1 unspecified atom stereocenters. The van der Waals surface area contributed by atoms with Crippen LogP contribution in [0.25, 0.3) is 11.1 Å². The number of nitriles is 1. The van der Waals surface area contributed by atoms with Crippen LogP contribution in [0.15, 0.2) is 54.9 Å². The summed E-state index contributed by atoms with van der Waals surface area (Å²) < 4.78 is 6.07. The van der Waals surface area contributed by atoms with Gasteiger partial charge in [0.2, 0.25) is 11.8 Å². The highest BCUT2D eigenvalue weighted by Gasteiger charge is 2.23. The molecule has 0 bridgehead atoms. The average molecular weight is 455 g/mol. The first kappa shape index (κ1) is 21.9. The number of benzene rings is 1. The third kappa shape index (κ3) is 4.85. The summed E-state index contributed by atoms with van der Waals surface area (Å²) in [7, 11) is 0. The van der Waals surface area contributed by atoms with Crippen molar-refractivity contribution in [1.29, 1.82) is 5.26 Å². The van der Waals surface area contributed by atoms with Gasteiger partial charge in [0, 0.05) is 43.0 Å². The number of carbonyl (C=O) groups is 1. The Hall–Kier alpha value is -3.96. The van der Waals surface area contributed by atoms with Gasteiger partial charge in [-0.25, -0.2) is 9.97 Å². The number of aromatic nitrogens is 2. The Balaban J connectivity index is 1.14. The van der Waals surface area contributed by atoms with Crippen LogP contribution in [0.3, 0.4) is 0 Å². The van der Waals surface area contributed by atoms with E-state index in [4.69, 9.17) is 10.00 Å². The van der Waals surface area contributed by atoms with Crippen molar-refractivity contribution >= 4 is 17.4 Å². The fourth-order valence-corrected chi connectivity index (χ4v) is 4.22. The zero-order valence-corrected chi connectivity index (χ0v) is 18.8. The van der Waals surface area contributed by atoms with Crippen molar-refractivity contribution in [3.63, 3.8) is 0 Å². The summed E-state index contributed by atoms with van der Waals surface area (Å²) in [6.07, 6.45) is 5.94. The van der Waals surface area contributed by atoms with Crippen LogP contribution in [0, 0.1) is 11.3 Å². The highest BCUT2D eigenvalue weighted by Crippen LogP contribution is 2.31. The Morgan fingerprint density at radius 3 is 2.74 bits per heavy atom. The molecule has 4 heterocycles. The molecule has 1 atom stereocenters. The van der Waals surface area contributed by atoms with Crippen LogP contribution in [0.4, 0.5) is 11.5 Å². The minimum absolute atomic E-state index is 0.00855. The molecule has 34 heavy (non-hydrogen) atoms. The summed E-state index contributed by atoms with van der Waals surface area (Å²) in [6, 6.07) is 15.7. The van der Waals surface area contributed by atoms with Crippen LogP contribution in [-0.2, 0) is 11.2 Å². The van der Waals surface area contributed by atoms with E-state index in [1.54, 1.807) is 17.3 Å². The Labute approximate surface area is 198 Å². The lowest BCUT2D eigenvalue weighted by molar-refractivity contribution is -0.117. The SMILES string of the molecule is N#Cc1ccc(CCNCC2CNc3cc(-c4ccc(N5CCCC5=O)nc4)cnc3O2)cc1. The van der Waals surface area contributed by atoms with Crippen LogP contribution in [0.2, 0.25) is 0 Å². The molecule has 2 aliphatic rings. The molecular formula is C26H26N6O2. The first-order valence-corrected chi connectivity index (χ1v) is 11.6. The number of hydrogen-bond donors (Lipinski definition) is 2. The Morgan fingerprint density at radius 2 is 2.00 bits per heavy atom. The number of pyridine rings is 2. The van der Waals surface area contributed by atoms with Gasteiger partial charge in [-0.15, -0.1) is 0 Å². The van der Waals surface area contributed by atoms with Gasteiger partial charge in [-0.05, 0) is 55.3 Å². The fourth-order valence-electron chi connectivity index (χ4n) is 4.22. The zero-order chi connectivity index (χ0) is 23.3. The Morgan fingerprint density at radius 1 is 1.15 bits per heavy atom. The monoisotopic (exact) mass is 454 g/mol. The maximum atomic E-state index is 11.9. The minimum Gasteiger partial charge on any atom is -0.470 e. The predicted molar refractivity (Wildman–Crippen MR) is 130 cm³/mol. The lowest BCUT2D eigenvalue weighted by atomic mass is 10.1. The first-order chi connectivity index (χ1) is 16.7. The summed E-state index contributed by atoms with van der Waals surface area (Å²) in [5, 5.41) is 15.7. The van der Waals surface area contributed by atoms with E-state index in [9.17, 15) is 4.79 Å². The lowest BCUT2D eigenvalue weighted by Gasteiger charge is -2.27. The van der Waals surface area contributed by atoms with E-state index in [2.05, 4.69) is 26.7 Å². The zero-order valence-electron chi connectivity index (χ0n) is 18.8. The van der Waals surface area contributed by atoms with E-state index in [0.29, 0.717) is 36.8 Å². The van der Waals surface area contributed by atoms with E-state index >= 15 is 0 Å². The van der Waals surface area contributed by atoms with Gasteiger partial charge in [0.05, 0.1) is 23.9 Å². The van der Waals surface area contributed by atoms with Crippen molar-refractivity contribution in [3.05, 3.63) is 66.0 Å². The van der Waals surface area contributed by atoms with Gasteiger partial charge >= 0.3 is 0 Å². The van der Waals surface area contributed by atoms with Gasteiger partial charge in [0.15, 0.2) is 0 Å². The summed E-state index contributed by atoms with van der Waals surface area (Å²) in [5.41, 5.74) is 4.63. The minimum atomic E-state index is -0.00855. The first-order valence-electron chi connectivity index (χ1n) is 11.6. The van der Waals surface area contributed by atoms with Crippen molar-refractivity contribution < 1.29 is 9.53 Å². The molecule has 2 N–H and O–H groups in total. The van der Waals surface area contributed by atoms with Crippen LogP contribution < -0.4 is 20.3 Å². The van der Waals surface area contributed by atoms with Gasteiger partial charge in [0.25, 0.3) is 0 Å². The van der Waals surface area contributed by atoms with Gasteiger partial charge in [-0.3, -0.25) is 9.69 Å². The van der Waals surface area contributed by atoms with Crippen LogP contribution in [0.1, 0.15) is 24.0 Å². The number of fused-ring (bicyclic) bond motifs is 1. The lowest BCUT2D eigenvalue weighted by Crippen LogP contribution is -2.40. The molecule has 8 nitrogen and oxygen atoms in total. The van der Waals surface area contributed by atoms with Crippen molar-refractivity contribution in [1.82, 2.24) is 15.3 Å². The second kappa shape index (κ2) is 9.89. The van der Waals surface area contributed by atoms with E-state index in [-0.39, 0.29) is 12.0 Å². The van der Waals surface area contributed by atoms with Crippen LogP contribution >= 0.6 is 0 Å². The third-order valence-corrected chi connectivity index (χ3v) is 6.13. The molecule has 2 aliphatic heterocycles. The van der Waals surface area contributed by atoms with E-state index in [1.165, 1.54) is 5.56 Å². The summed E-state index contributed by atoms with van der Waals surface area (Å²) in [4.78, 5) is 22.7. The highest BCUT2D eigenvalue weighted by atomic mass is 16.5. The second-order valence-electron chi connectivity index (χ2n) is 8.51. The van der Waals surface area contributed by atoms with Crippen LogP contribution in [0.5, 0.6) is 5.88 Å². The maximum Gasteiger partial charge on any atom is 0.237 e. The standard InChI is InChI=1S/C26H26N6O2/c27-13-19-5-3-18(4-6-19)9-10-28-16-22-17-29-23-12-21(15-31-26(23)34-22)20-7-8-24(30-14-20)32-11-1-2-25(32)33/h3-8,12,14-15,22,28-29H,1-2,9-11,16-17H2. The molecule has 1 aromatic carbocycles. The molecule has 0 aliphatic carbocycles. The molecule has 172 valence electrons. The Kier molecular flexibility index (Phi) is 6.36. The molecule has 1 fully saturated rings. The maximum absolute atomic E-state index is 11.9. The topological polar surface area (TPSA) is 103 Å². The molecule has 0 radical (unpaired) electrons. The van der Waals surface area contributed by atoms with Crippen LogP contribution in [-0.4, -0.2) is 48.2 Å². The van der Waals surface area contributed by atoms with Crippen molar-refractivity contribution in [2.24, 2.45) is 0 Å². The Bertz CT molecular complexity index is 1200. The highest BCUT2D eigenvalue weighted by molar-refractivity contribution is 5.94. The largest absolute Gasteiger partial charge is 0.470 e. The van der Waals surface area contributed by atoms with Gasteiger partial charge in [0.1, 0.15) is 11.9 Å². The summed E-state index contributed by atoms with van der Waals surface area (Å²) in [6.45, 7) is 2.97. The molecule has 3 aromatic rings. The molecular weight excluding hydrogens is 428 g/mol. The van der Waals surface area contributed by atoms with E-state index in [0.717, 1.165) is 42.7 Å². The predicted octanol–water partition coefficient (Wildman–Crippen LogP) is 3.15. The smallest absolute Gasteiger partial charge is 0.237 e. The average Bonchev–Trinajstić information content (AvgIpc) is 3.32. The van der Waals surface area contributed by atoms with Gasteiger partial charge < -0.3 is 15.4 Å². The van der Waals surface area contributed by atoms with Gasteiger partial charge in [-0.2, -0.15) is 5.26 Å². The molecule has 2 aromatic heterocycles. The molecule has 1 saturated heterocycles. The van der Waals surface area contributed by atoms with E-state index in [1.807, 2.05) is 42.5 Å². The number of anilines is 2. The normalized spacial score (nSPS) is 17.0. The number of rotatable bonds is 7. The third-order valence-electron chi connectivity index (χ3n) is 6.13. The number of hydrogen-bond acceptors (Lipinski definition) is 7. The number of amides is 1. The van der Waals surface area contributed by atoms with E-state index < -0.39 is 0 Å². The molecule has 8 heteroatoms. The summed E-state index contributed by atoms with van der Waals surface area (Å²) >= 11 is 0. The molecule has 5 rings (SSSR count). The number of nitrogens with one attached hydrogen (secondary N) is 2. The second-order valence-corrected chi connectivity index (χ2v) is 8.51. The van der Waals surface area contributed by atoms with Crippen molar-refractivity contribution in [3.8, 4) is 23.1 Å². The number of ether oxygens (including phenoxy) is 1. The molecule has 0 saturated carbocycles. The number of carbonyl (C=O) groups excluding carboxylic acids is 1. The van der Waals surface area contributed by atoms with Crippen molar-refractivity contribution in [2.45, 2.75) is 25.4 Å². The molecule has 0 spiro atoms. The number of nitrogens with zero attached hydrogens (tertiary/aromatic N) is 4. The summed E-state index contributed by atoms with van der Waals surface area (Å²) in [5.74, 6) is 1.43. The quantitative estimate of drug-likeness (QED) is 0.529. The fraction of sp³-hybridized carbons (Fsp3) is 0.308. The molecule has 1 amide bonds. The van der Waals surface area contributed by atoms with Crippen molar-refractivity contribution in [2.75, 3.05) is 36.4 Å². The van der Waals surface area contributed by atoms with Gasteiger partial charge in [-0.1, -0.05) is 12.1 Å².